The molecule has 2 aromatic carbocycles. The summed E-state index contributed by atoms with van der Waals surface area (Å²) in [7, 11) is -3.63. The van der Waals surface area contributed by atoms with Crippen LogP contribution in [0.1, 0.15) is 37.0 Å². The molecule has 0 fully saturated rings. The number of carbonyl (C=O) groups is 1. The zero-order valence-corrected chi connectivity index (χ0v) is 15.3. The number of carbonyl (C=O) groups excluding carboxylic acids is 1. The largest absolute Gasteiger partial charge is 0.423 e. The van der Waals surface area contributed by atoms with Gasteiger partial charge in [0.25, 0.3) is 0 Å². The van der Waals surface area contributed by atoms with E-state index < -0.39 is 16.0 Å². The number of hydrogen-bond donors (Lipinski definition) is 0. The first-order valence-corrected chi connectivity index (χ1v) is 9.80. The van der Waals surface area contributed by atoms with Crippen LogP contribution in [0.25, 0.3) is 0 Å². The van der Waals surface area contributed by atoms with E-state index in [1.165, 1.54) is 16.4 Å². The first kappa shape index (κ1) is 19.1. The van der Waals surface area contributed by atoms with Gasteiger partial charge in [0.2, 0.25) is 10.0 Å². The summed E-state index contributed by atoms with van der Waals surface area (Å²) in [5, 5.41) is 0. The monoisotopic (exact) mass is 361 g/mol. The van der Waals surface area contributed by atoms with Crippen molar-refractivity contribution in [2.45, 2.75) is 31.6 Å². The van der Waals surface area contributed by atoms with Crippen LogP contribution >= 0.6 is 0 Å². The molecule has 0 aliphatic rings. The third kappa shape index (κ3) is 4.90. The van der Waals surface area contributed by atoms with Crippen molar-refractivity contribution in [3.8, 4) is 5.75 Å². The molecule has 0 bridgehead atoms. The average Bonchev–Trinajstić information content (AvgIpc) is 2.62. The van der Waals surface area contributed by atoms with E-state index in [1.54, 1.807) is 36.4 Å². The van der Waals surface area contributed by atoms with Gasteiger partial charge < -0.3 is 4.74 Å². The van der Waals surface area contributed by atoms with Gasteiger partial charge in [0.05, 0.1) is 10.5 Å². The van der Waals surface area contributed by atoms with Crippen LogP contribution in [0.15, 0.2) is 59.5 Å². The molecule has 0 spiro atoms. The lowest BCUT2D eigenvalue weighted by atomic mass is 10.2. The minimum atomic E-state index is -3.63. The van der Waals surface area contributed by atoms with Crippen LogP contribution in [0.3, 0.4) is 0 Å². The molecular formula is C19H23NO4S. The van der Waals surface area contributed by atoms with Crippen LogP contribution in [0.4, 0.5) is 0 Å². The number of nitrogens with zero attached hydrogens (tertiary/aromatic N) is 1. The Hall–Kier alpha value is -2.18. The maximum absolute atomic E-state index is 12.8. The predicted molar refractivity (Wildman–Crippen MR) is 97.2 cm³/mol. The molecule has 0 unspecified atom stereocenters. The summed E-state index contributed by atoms with van der Waals surface area (Å²) in [6.07, 6.45) is 1.46. The second-order valence-electron chi connectivity index (χ2n) is 5.63. The lowest BCUT2D eigenvalue weighted by molar-refractivity contribution is 0.0734. The molecular weight excluding hydrogens is 338 g/mol. The first-order chi connectivity index (χ1) is 12.0. The zero-order chi connectivity index (χ0) is 18.3. The fourth-order valence-corrected chi connectivity index (χ4v) is 4.11. The van der Waals surface area contributed by atoms with Gasteiger partial charge in [-0.25, -0.2) is 13.2 Å². The van der Waals surface area contributed by atoms with Crippen molar-refractivity contribution in [3.63, 3.8) is 0 Å². The topological polar surface area (TPSA) is 63.7 Å². The predicted octanol–water partition coefficient (Wildman–Crippen LogP) is 3.72. The van der Waals surface area contributed by atoms with E-state index in [-0.39, 0.29) is 10.5 Å². The second kappa shape index (κ2) is 8.78. The number of sulfonamides is 1. The average molecular weight is 361 g/mol. The molecule has 0 aliphatic carbocycles. The first-order valence-electron chi connectivity index (χ1n) is 8.36. The Morgan fingerprint density at radius 1 is 0.960 bits per heavy atom. The standard InChI is InChI=1S/C19H23NO4S/c1-3-13-20(14-4-2)25(22,23)18-12-8-9-16(15-18)19(21)24-17-10-6-5-7-11-17/h5-12,15H,3-4,13-14H2,1-2H3. The highest BCUT2D eigenvalue weighted by Gasteiger charge is 2.24. The van der Waals surface area contributed by atoms with Crippen LogP contribution in [0.2, 0.25) is 0 Å². The Kier molecular flexibility index (Phi) is 6.73. The minimum absolute atomic E-state index is 0.108. The Bertz CT molecular complexity index is 797. The maximum Gasteiger partial charge on any atom is 0.343 e. The van der Waals surface area contributed by atoms with E-state index in [2.05, 4.69) is 0 Å². The highest BCUT2D eigenvalue weighted by molar-refractivity contribution is 7.89. The molecule has 25 heavy (non-hydrogen) atoms. The van der Waals surface area contributed by atoms with Gasteiger partial charge in [0, 0.05) is 13.1 Å². The van der Waals surface area contributed by atoms with Gasteiger partial charge in [0.15, 0.2) is 0 Å². The van der Waals surface area contributed by atoms with Crippen molar-refractivity contribution in [2.24, 2.45) is 0 Å². The van der Waals surface area contributed by atoms with Gasteiger partial charge in [-0.3, -0.25) is 0 Å². The summed E-state index contributed by atoms with van der Waals surface area (Å²) in [6.45, 7) is 4.78. The summed E-state index contributed by atoms with van der Waals surface area (Å²) in [4.78, 5) is 12.4. The summed E-state index contributed by atoms with van der Waals surface area (Å²) in [5.74, 6) is -0.167. The molecule has 0 heterocycles. The van der Waals surface area contributed by atoms with Crippen LogP contribution in [0.5, 0.6) is 5.75 Å². The SMILES string of the molecule is CCCN(CCC)S(=O)(=O)c1cccc(C(=O)Oc2ccccc2)c1. The van der Waals surface area contributed by atoms with Crippen molar-refractivity contribution >= 4 is 16.0 Å². The number of esters is 1. The smallest absolute Gasteiger partial charge is 0.343 e. The van der Waals surface area contributed by atoms with Crippen molar-refractivity contribution in [2.75, 3.05) is 13.1 Å². The zero-order valence-electron chi connectivity index (χ0n) is 14.5. The van der Waals surface area contributed by atoms with Gasteiger partial charge in [0.1, 0.15) is 5.75 Å². The van der Waals surface area contributed by atoms with Crippen molar-refractivity contribution in [1.82, 2.24) is 4.31 Å². The number of benzene rings is 2. The number of para-hydroxylation sites is 1. The van der Waals surface area contributed by atoms with Crippen molar-refractivity contribution < 1.29 is 17.9 Å². The summed E-state index contributed by atoms with van der Waals surface area (Å²) in [5.41, 5.74) is 0.206. The molecule has 0 aliphatic heterocycles. The van der Waals surface area contributed by atoms with E-state index >= 15 is 0 Å². The van der Waals surface area contributed by atoms with Crippen LogP contribution in [0, 0.1) is 0 Å². The van der Waals surface area contributed by atoms with Gasteiger partial charge >= 0.3 is 5.97 Å². The molecule has 0 atom stereocenters. The molecule has 0 N–H and O–H groups in total. The van der Waals surface area contributed by atoms with Gasteiger partial charge in [-0.15, -0.1) is 0 Å². The van der Waals surface area contributed by atoms with Crippen molar-refractivity contribution in [1.29, 1.82) is 0 Å². The summed E-state index contributed by atoms with van der Waals surface area (Å²) >= 11 is 0. The molecule has 6 heteroatoms. The molecule has 0 amide bonds. The van der Waals surface area contributed by atoms with Gasteiger partial charge in [-0.1, -0.05) is 38.1 Å². The second-order valence-corrected chi connectivity index (χ2v) is 7.57. The summed E-state index contributed by atoms with van der Waals surface area (Å²) < 4.78 is 32.4. The lowest BCUT2D eigenvalue weighted by Gasteiger charge is -2.21. The van der Waals surface area contributed by atoms with E-state index in [1.807, 2.05) is 19.9 Å². The minimum Gasteiger partial charge on any atom is -0.423 e. The van der Waals surface area contributed by atoms with Crippen LogP contribution < -0.4 is 4.74 Å². The Labute approximate surface area is 149 Å². The van der Waals surface area contributed by atoms with E-state index in [9.17, 15) is 13.2 Å². The quantitative estimate of drug-likeness (QED) is 0.531. The Morgan fingerprint density at radius 2 is 1.60 bits per heavy atom. The molecule has 2 rings (SSSR count). The normalized spacial score (nSPS) is 11.5. The van der Waals surface area contributed by atoms with Crippen LogP contribution in [-0.2, 0) is 10.0 Å². The van der Waals surface area contributed by atoms with Gasteiger partial charge in [-0.2, -0.15) is 4.31 Å². The van der Waals surface area contributed by atoms with E-state index in [0.717, 1.165) is 12.8 Å². The molecule has 134 valence electrons. The molecule has 0 saturated heterocycles. The fraction of sp³-hybridized carbons (Fsp3) is 0.316. The van der Waals surface area contributed by atoms with E-state index in [4.69, 9.17) is 4.74 Å². The molecule has 5 nitrogen and oxygen atoms in total. The number of ether oxygens (including phenoxy) is 1. The maximum atomic E-state index is 12.8. The summed E-state index contributed by atoms with van der Waals surface area (Å²) in [6, 6.07) is 14.7. The lowest BCUT2D eigenvalue weighted by Crippen LogP contribution is -2.32. The van der Waals surface area contributed by atoms with Crippen molar-refractivity contribution in [3.05, 3.63) is 60.2 Å². The third-order valence-electron chi connectivity index (χ3n) is 3.61. The Morgan fingerprint density at radius 3 is 2.20 bits per heavy atom. The highest BCUT2D eigenvalue weighted by atomic mass is 32.2. The Balaban J connectivity index is 2.26. The van der Waals surface area contributed by atoms with Gasteiger partial charge in [-0.05, 0) is 43.2 Å². The number of rotatable bonds is 8. The van der Waals surface area contributed by atoms with Crippen LogP contribution in [-0.4, -0.2) is 31.8 Å². The number of hydrogen-bond acceptors (Lipinski definition) is 4. The van der Waals surface area contributed by atoms with E-state index in [0.29, 0.717) is 18.8 Å². The fourth-order valence-electron chi connectivity index (χ4n) is 2.44. The highest BCUT2D eigenvalue weighted by Crippen LogP contribution is 2.19. The molecule has 2 aromatic rings. The molecule has 0 saturated carbocycles. The molecule has 0 radical (unpaired) electrons. The molecule has 0 aromatic heterocycles. The third-order valence-corrected chi connectivity index (χ3v) is 5.50.